The van der Waals surface area contributed by atoms with Gasteiger partial charge in [-0.25, -0.2) is 4.98 Å². The minimum absolute atomic E-state index is 0.0240. The van der Waals surface area contributed by atoms with Crippen LogP contribution in [0, 0.1) is 24.7 Å². The average molecular weight is 464 g/mol. The van der Waals surface area contributed by atoms with Crippen LogP contribution in [0.3, 0.4) is 0 Å². The van der Waals surface area contributed by atoms with E-state index in [4.69, 9.17) is 4.74 Å². The predicted octanol–water partition coefficient (Wildman–Crippen LogP) is 4.49. The lowest BCUT2D eigenvalue weighted by atomic mass is 9.81. The van der Waals surface area contributed by atoms with E-state index in [9.17, 15) is 19.8 Å². The third-order valence-electron chi connectivity index (χ3n) is 6.29. The number of carbonyl (C=O) groups excluding carboxylic acids is 2. The molecule has 0 aliphatic carbocycles. The van der Waals surface area contributed by atoms with Gasteiger partial charge in [0.05, 0.1) is 29.3 Å². The number of Topliss-reactive ketones (excluding diaryl/α,β-unsaturated/α-hetero) is 1. The second kappa shape index (κ2) is 12.4. The second-order valence-electron chi connectivity index (χ2n) is 9.02. The van der Waals surface area contributed by atoms with Gasteiger partial charge in [0, 0.05) is 23.6 Å². The topological polar surface area (TPSA) is 96.7 Å². The zero-order valence-electron chi connectivity index (χ0n) is 19.8. The van der Waals surface area contributed by atoms with E-state index < -0.39 is 36.1 Å². The van der Waals surface area contributed by atoms with E-state index in [1.807, 2.05) is 38.3 Å². The van der Waals surface area contributed by atoms with Crippen LogP contribution in [0.15, 0.2) is 23.1 Å². The molecule has 1 aromatic rings. The monoisotopic (exact) mass is 463 g/mol. The number of ether oxygens (including phenoxy) is 1. The number of thiazole rings is 1. The Morgan fingerprint density at radius 2 is 1.91 bits per heavy atom. The molecule has 0 radical (unpaired) electrons. The van der Waals surface area contributed by atoms with Gasteiger partial charge in [0.15, 0.2) is 0 Å². The maximum absolute atomic E-state index is 12.8. The van der Waals surface area contributed by atoms with Crippen LogP contribution in [0.2, 0.25) is 0 Å². The lowest BCUT2D eigenvalue weighted by Crippen LogP contribution is -2.39. The largest absolute Gasteiger partial charge is 0.457 e. The molecular formula is C25H37NO5S. The highest BCUT2D eigenvalue weighted by Crippen LogP contribution is 2.25. The van der Waals surface area contributed by atoms with E-state index in [2.05, 4.69) is 11.1 Å². The molecule has 0 spiro atoms. The molecule has 0 bridgehead atoms. The van der Waals surface area contributed by atoms with Crippen molar-refractivity contribution < 1.29 is 24.5 Å². The van der Waals surface area contributed by atoms with Crippen LogP contribution in [0.5, 0.6) is 0 Å². The highest BCUT2D eigenvalue weighted by molar-refractivity contribution is 7.09. The molecule has 6 atom stereocenters. The Kier molecular flexibility index (Phi) is 10.3. The van der Waals surface area contributed by atoms with Crippen molar-refractivity contribution in [2.24, 2.45) is 17.8 Å². The summed E-state index contributed by atoms with van der Waals surface area (Å²) in [6.45, 7) is 9.10. The Balaban J connectivity index is 2.21. The molecule has 178 valence electrons. The predicted molar refractivity (Wildman–Crippen MR) is 127 cm³/mol. The van der Waals surface area contributed by atoms with Crippen molar-refractivity contribution in [3.05, 3.63) is 33.8 Å². The van der Waals surface area contributed by atoms with E-state index in [-0.39, 0.29) is 18.1 Å². The molecule has 2 N–H and O–H groups in total. The fraction of sp³-hybridized carbons (Fsp3) is 0.640. The highest BCUT2D eigenvalue weighted by Gasteiger charge is 2.34. The molecule has 1 aliphatic rings. The number of cyclic esters (lactones) is 1. The van der Waals surface area contributed by atoms with Crippen molar-refractivity contribution in [2.75, 3.05) is 0 Å². The molecule has 0 aromatic carbocycles. The summed E-state index contributed by atoms with van der Waals surface area (Å²) in [4.78, 5) is 29.8. The molecule has 0 amide bonds. The van der Waals surface area contributed by atoms with E-state index >= 15 is 0 Å². The highest BCUT2D eigenvalue weighted by atomic mass is 32.1. The maximum atomic E-state index is 12.8. The molecule has 0 fully saturated rings. The van der Waals surface area contributed by atoms with Crippen LogP contribution in [0.1, 0.15) is 70.5 Å². The molecule has 0 saturated heterocycles. The van der Waals surface area contributed by atoms with Gasteiger partial charge in [-0.1, -0.05) is 32.9 Å². The first-order chi connectivity index (χ1) is 15.1. The van der Waals surface area contributed by atoms with Crippen LogP contribution in [-0.4, -0.2) is 45.3 Å². The number of aliphatic hydroxyl groups is 2. The molecule has 7 heteroatoms. The van der Waals surface area contributed by atoms with Gasteiger partial charge in [0.25, 0.3) is 0 Å². The van der Waals surface area contributed by atoms with Crippen molar-refractivity contribution in [3.63, 3.8) is 0 Å². The van der Waals surface area contributed by atoms with Gasteiger partial charge in [0.2, 0.25) is 0 Å². The first-order valence-electron chi connectivity index (χ1n) is 11.4. The van der Waals surface area contributed by atoms with Crippen LogP contribution in [-0.2, 0) is 14.3 Å². The van der Waals surface area contributed by atoms with Crippen molar-refractivity contribution in [1.82, 2.24) is 4.98 Å². The minimum Gasteiger partial charge on any atom is -0.457 e. The summed E-state index contributed by atoms with van der Waals surface area (Å²) in [7, 11) is 0. The van der Waals surface area contributed by atoms with E-state index in [1.54, 1.807) is 25.2 Å². The number of carbonyl (C=O) groups is 2. The van der Waals surface area contributed by atoms with Crippen molar-refractivity contribution >= 4 is 29.2 Å². The first kappa shape index (κ1) is 26.4. The molecule has 2 rings (SSSR count). The van der Waals surface area contributed by atoms with Crippen molar-refractivity contribution in [3.8, 4) is 0 Å². The van der Waals surface area contributed by atoms with Gasteiger partial charge in [0.1, 0.15) is 11.9 Å². The molecule has 2 heterocycles. The van der Waals surface area contributed by atoms with E-state index in [1.165, 1.54) is 0 Å². The van der Waals surface area contributed by atoms with Gasteiger partial charge in [-0.05, 0) is 50.7 Å². The Bertz CT molecular complexity index is 830. The van der Waals surface area contributed by atoms with Crippen LogP contribution in [0.4, 0.5) is 0 Å². The number of nitrogens with zero attached hydrogens (tertiary/aromatic N) is 1. The Morgan fingerprint density at radius 3 is 2.56 bits per heavy atom. The summed E-state index contributed by atoms with van der Waals surface area (Å²) in [6.07, 6.45) is 6.41. The van der Waals surface area contributed by atoms with Gasteiger partial charge < -0.3 is 14.9 Å². The van der Waals surface area contributed by atoms with Gasteiger partial charge in [-0.15, -0.1) is 11.3 Å². The summed E-state index contributed by atoms with van der Waals surface area (Å²) in [5.41, 5.74) is 1.70. The van der Waals surface area contributed by atoms with E-state index in [0.717, 1.165) is 35.5 Å². The number of ketones is 1. The smallest absolute Gasteiger partial charge is 0.309 e. The zero-order chi connectivity index (χ0) is 23.8. The lowest BCUT2D eigenvalue weighted by Gasteiger charge is -2.28. The summed E-state index contributed by atoms with van der Waals surface area (Å²) in [6, 6.07) is 0. The SMILES string of the molecule is CC(=Cc1csc(C)n1)C1CC=CCCC[C@H](C)[C@H](O)[C@@H](C)C(=O)[C@H](C)C(O)CC(=O)O1. The standard InChI is InChI=1S/C25H37NO5S/c1-15-10-8-6-7-9-11-22(16(2)12-20-14-32-19(5)26-20)31-23(28)13-21(27)17(3)25(30)18(4)24(15)29/h7,9,12,14-15,17-18,21-22,24,27,29H,6,8,10-11,13H2,1-5H3/t15-,17+,18+,21?,22?,24-/m0/s1. The number of allylic oxidation sites excluding steroid dienone is 1. The van der Waals surface area contributed by atoms with Crippen molar-refractivity contribution in [1.29, 1.82) is 0 Å². The molecule has 0 saturated carbocycles. The van der Waals surface area contributed by atoms with Crippen LogP contribution < -0.4 is 0 Å². The summed E-state index contributed by atoms with van der Waals surface area (Å²) in [5.74, 6) is -2.17. The number of hydrogen-bond acceptors (Lipinski definition) is 7. The fourth-order valence-electron chi connectivity index (χ4n) is 3.99. The minimum atomic E-state index is -1.16. The lowest BCUT2D eigenvalue weighted by molar-refractivity contribution is -0.151. The summed E-state index contributed by atoms with van der Waals surface area (Å²) < 4.78 is 5.71. The number of aliphatic hydroxyl groups excluding tert-OH is 2. The Hall–Kier alpha value is -1.83. The van der Waals surface area contributed by atoms with Gasteiger partial charge in [-0.2, -0.15) is 0 Å². The molecular weight excluding hydrogens is 426 g/mol. The molecule has 6 nitrogen and oxygen atoms in total. The van der Waals surface area contributed by atoms with Crippen LogP contribution in [0.25, 0.3) is 6.08 Å². The zero-order valence-corrected chi connectivity index (χ0v) is 20.6. The number of aromatic nitrogens is 1. The third kappa shape index (κ3) is 7.64. The molecule has 2 unspecified atom stereocenters. The second-order valence-corrected chi connectivity index (χ2v) is 10.1. The first-order valence-corrected chi connectivity index (χ1v) is 12.3. The molecule has 1 aromatic heterocycles. The average Bonchev–Trinajstić information content (AvgIpc) is 3.16. The number of hydrogen-bond donors (Lipinski definition) is 2. The Morgan fingerprint density at radius 1 is 1.19 bits per heavy atom. The van der Waals surface area contributed by atoms with Gasteiger partial charge in [-0.3, -0.25) is 9.59 Å². The fourth-order valence-corrected chi connectivity index (χ4v) is 4.56. The van der Waals surface area contributed by atoms with Crippen LogP contribution >= 0.6 is 11.3 Å². The number of aryl methyl sites for hydroxylation is 1. The molecule has 1 aliphatic heterocycles. The van der Waals surface area contributed by atoms with E-state index in [0.29, 0.717) is 6.42 Å². The quantitative estimate of drug-likeness (QED) is 0.496. The summed E-state index contributed by atoms with van der Waals surface area (Å²) >= 11 is 1.56. The maximum Gasteiger partial charge on any atom is 0.309 e. The Labute approximate surface area is 195 Å². The number of esters is 1. The number of rotatable bonds is 2. The molecule has 32 heavy (non-hydrogen) atoms. The van der Waals surface area contributed by atoms with Gasteiger partial charge >= 0.3 is 5.97 Å². The summed E-state index contributed by atoms with van der Waals surface area (Å²) in [5, 5.41) is 24.0. The third-order valence-corrected chi connectivity index (χ3v) is 7.08. The van der Waals surface area contributed by atoms with Crippen molar-refractivity contribution in [2.45, 2.75) is 85.0 Å². The normalized spacial score (nSPS) is 32.0.